The van der Waals surface area contributed by atoms with Crippen molar-refractivity contribution in [1.82, 2.24) is 4.90 Å². The summed E-state index contributed by atoms with van der Waals surface area (Å²) in [5.74, 6) is 0.488. The Hall–Kier alpha value is -1.45. The second kappa shape index (κ2) is 7.41. The number of benzene rings is 1. The van der Waals surface area contributed by atoms with E-state index in [4.69, 9.17) is 5.73 Å². The van der Waals surface area contributed by atoms with Crippen molar-refractivity contribution in [3.8, 4) is 0 Å². The first-order valence-corrected chi connectivity index (χ1v) is 8.74. The summed E-state index contributed by atoms with van der Waals surface area (Å²) in [5.41, 5.74) is 9.97. The zero-order valence-electron chi connectivity index (χ0n) is 14.0. The number of hydrogen-bond donors (Lipinski definition) is 1. The smallest absolute Gasteiger partial charge is 0.123 e. The van der Waals surface area contributed by atoms with Crippen LogP contribution in [0.2, 0.25) is 0 Å². The number of piperidine rings is 1. The number of nitrogens with zero attached hydrogens (tertiary/aromatic N) is 1. The minimum absolute atomic E-state index is 0.161. The first-order chi connectivity index (χ1) is 11.2. The van der Waals surface area contributed by atoms with Crippen molar-refractivity contribution in [2.45, 2.75) is 38.6 Å². The number of fused-ring (bicyclic) bond motifs is 1. The third-order valence-electron chi connectivity index (χ3n) is 5.01. The maximum absolute atomic E-state index is 13.1. The van der Waals surface area contributed by atoms with Gasteiger partial charge in [0.05, 0.1) is 0 Å². The van der Waals surface area contributed by atoms with E-state index in [1.54, 1.807) is 12.1 Å². The van der Waals surface area contributed by atoms with Crippen LogP contribution in [0, 0.1) is 11.7 Å². The molecular formula is C20H27FN2. The van der Waals surface area contributed by atoms with Gasteiger partial charge in [0.15, 0.2) is 0 Å². The van der Waals surface area contributed by atoms with E-state index in [-0.39, 0.29) is 5.82 Å². The van der Waals surface area contributed by atoms with Crippen LogP contribution in [-0.2, 0) is 6.42 Å². The number of rotatable bonds is 5. The number of allylic oxidation sites excluding steroid dienone is 2. The largest absolute Gasteiger partial charge is 0.330 e. The fraction of sp³-hybridized carbons (Fsp3) is 0.500. The number of likely N-dealkylation sites (tertiary alicyclic amines) is 1. The quantitative estimate of drug-likeness (QED) is 0.898. The van der Waals surface area contributed by atoms with E-state index < -0.39 is 0 Å². The molecule has 1 aromatic carbocycles. The molecule has 2 aliphatic rings. The monoisotopic (exact) mass is 314 g/mol. The van der Waals surface area contributed by atoms with E-state index in [9.17, 15) is 4.39 Å². The molecule has 0 spiro atoms. The molecule has 1 saturated heterocycles. The van der Waals surface area contributed by atoms with Crippen LogP contribution in [0.5, 0.6) is 0 Å². The molecule has 1 aliphatic heterocycles. The van der Waals surface area contributed by atoms with E-state index in [0.29, 0.717) is 12.0 Å². The maximum atomic E-state index is 13.1. The van der Waals surface area contributed by atoms with Gasteiger partial charge in [0.1, 0.15) is 5.82 Å². The molecule has 1 aromatic rings. The molecule has 0 amide bonds. The Bertz CT molecular complexity index is 588. The van der Waals surface area contributed by atoms with Crippen molar-refractivity contribution in [1.29, 1.82) is 0 Å². The molecule has 0 aromatic heterocycles. The van der Waals surface area contributed by atoms with Gasteiger partial charge in [0.2, 0.25) is 0 Å². The lowest BCUT2D eigenvalue weighted by Gasteiger charge is -2.40. The lowest BCUT2D eigenvalue weighted by molar-refractivity contribution is 0.192. The molecule has 3 rings (SSSR count). The van der Waals surface area contributed by atoms with Gasteiger partial charge < -0.3 is 5.73 Å². The Morgan fingerprint density at radius 2 is 2.00 bits per heavy atom. The minimum atomic E-state index is -0.161. The zero-order chi connectivity index (χ0) is 16.2. The average molecular weight is 314 g/mol. The van der Waals surface area contributed by atoms with Gasteiger partial charge in [-0.05, 0) is 67.0 Å². The molecule has 0 radical (unpaired) electrons. The van der Waals surface area contributed by atoms with Crippen molar-refractivity contribution < 1.29 is 4.39 Å². The van der Waals surface area contributed by atoms with Crippen LogP contribution < -0.4 is 5.73 Å². The van der Waals surface area contributed by atoms with Gasteiger partial charge >= 0.3 is 0 Å². The van der Waals surface area contributed by atoms with E-state index in [2.05, 4.69) is 24.0 Å². The van der Waals surface area contributed by atoms with Gasteiger partial charge in [0, 0.05) is 19.1 Å². The topological polar surface area (TPSA) is 29.3 Å². The average Bonchev–Trinajstić information content (AvgIpc) is 2.55. The molecular weight excluding hydrogens is 287 g/mol. The first-order valence-electron chi connectivity index (χ1n) is 8.74. The van der Waals surface area contributed by atoms with Crippen LogP contribution in [0.15, 0.2) is 47.6 Å². The van der Waals surface area contributed by atoms with E-state index in [1.165, 1.54) is 16.7 Å². The van der Waals surface area contributed by atoms with Crippen molar-refractivity contribution in [2.75, 3.05) is 19.6 Å². The summed E-state index contributed by atoms with van der Waals surface area (Å²) in [6, 6.07) is 7.45. The highest BCUT2D eigenvalue weighted by molar-refractivity contribution is 5.39. The van der Waals surface area contributed by atoms with Gasteiger partial charge in [-0.3, -0.25) is 4.90 Å². The molecule has 23 heavy (non-hydrogen) atoms. The van der Waals surface area contributed by atoms with E-state index in [1.807, 2.05) is 12.1 Å². The predicted octanol–water partition coefficient (Wildman–Crippen LogP) is 3.68. The Morgan fingerprint density at radius 3 is 2.74 bits per heavy atom. The van der Waals surface area contributed by atoms with Gasteiger partial charge in [-0.2, -0.15) is 0 Å². The molecule has 124 valence electrons. The van der Waals surface area contributed by atoms with Crippen molar-refractivity contribution in [3.05, 3.63) is 58.9 Å². The SMILES string of the molecule is CC1C=C2CC(Cc3ccc(F)cc3)N(CCCN)CC2=CC1. The molecule has 1 aliphatic carbocycles. The summed E-state index contributed by atoms with van der Waals surface area (Å²) in [7, 11) is 0. The van der Waals surface area contributed by atoms with Crippen molar-refractivity contribution >= 4 is 0 Å². The first kappa shape index (κ1) is 16.4. The molecule has 2 unspecified atom stereocenters. The normalized spacial score (nSPS) is 24.8. The highest BCUT2D eigenvalue weighted by Crippen LogP contribution is 2.33. The van der Waals surface area contributed by atoms with Crippen LogP contribution in [0.1, 0.15) is 31.7 Å². The zero-order valence-corrected chi connectivity index (χ0v) is 14.0. The number of nitrogens with two attached hydrogens (primary N) is 1. The van der Waals surface area contributed by atoms with Crippen LogP contribution in [0.4, 0.5) is 4.39 Å². The van der Waals surface area contributed by atoms with Crippen molar-refractivity contribution in [2.24, 2.45) is 11.7 Å². The fourth-order valence-electron chi connectivity index (χ4n) is 3.72. The lowest BCUT2D eigenvalue weighted by Crippen LogP contribution is -2.44. The fourth-order valence-corrected chi connectivity index (χ4v) is 3.72. The molecule has 3 heteroatoms. The van der Waals surface area contributed by atoms with Gasteiger partial charge in [0.25, 0.3) is 0 Å². The number of hydrogen-bond acceptors (Lipinski definition) is 2. The maximum Gasteiger partial charge on any atom is 0.123 e. The number of halogens is 1. The van der Waals surface area contributed by atoms with Crippen LogP contribution in [0.3, 0.4) is 0 Å². The summed E-state index contributed by atoms with van der Waals surface area (Å²) >= 11 is 0. The minimum Gasteiger partial charge on any atom is -0.330 e. The lowest BCUT2D eigenvalue weighted by atomic mass is 9.82. The van der Waals surface area contributed by atoms with Crippen molar-refractivity contribution in [3.63, 3.8) is 0 Å². The second-order valence-electron chi connectivity index (χ2n) is 6.94. The summed E-state index contributed by atoms with van der Waals surface area (Å²) in [5, 5.41) is 0. The molecule has 0 saturated carbocycles. The molecule has 1 fully saturated rings. The van der Waals surface area contributed by atoms with Gasteiger partial charge in [-0.25, -0.2) is 4.39 Å². The Morgan fingerprint density at radius 1 is 1.22 bits per heavy atom. The van der Waals surface area contributed by atoms with Crippen LogP contribution >= 0.6 is 0 Å². The Balaban J connectivity index is 1.76. The third kappa shape index (κ3) is 4.10. The van der Waals surface area contributed by atoms with E-state index >= 15 is 0 Å². The van der Waals surface area contributed by atoms with Crippen LogP contribution in [0.25, 0.3) is 0 Å². The molecule has 2 nitrogen and oxygen atoms in total. The third-order valence-corrected chi connectivity index (χ3v) is 5.01. The van der Waals surface area contributed by atoms with Gasteiger partial charge in [-0.1, -0.05) is 31.2 Å². The molecule has 1 heterocycles. The summed E-state index contributed by atoms with van der Waals surface area (Å²) < 4.78 is 13.1. The molecule has 0 bridgehead atoms. The standard InChI is InChI=1S/C20H27FN2/c1-15-3-6-17-14-23(10-2-9-22)20(13-18(17)11-15)12-16-4-7-19(21)8-5-16/h4-8,11,15,20H,2-3,9-10,12-14,22H2,1H3. The summed E-state index contributed by atoms with van der Waals surface area (Å²) in [6.45, 7) is 5.10. The van der Waals surface area contributed by atoms with E-state index in [0.717, 1.165) is 45.3 Å². The second-order valence-corrected chi connectivity index (χ2v) is 6.94. The highest BCUT2D eigenvalue weighted by atomic mass is 19.1. The molecule has 2 N–H and O–H groups in total. The molecule has 2 atom stereocenters. The Kier molecular flexibility index (Phi) is 5.29. The van der Waals surface area contributed by atoms with Crippen LogP contribution in [-0.4, -0.2) is 30.6 Å². The highest BCUT2D eigenvalue weighted by Gasteiger charge is 2.29. The Labute approximate surface area is 138 Å². The predicted molar refractivity (Wildman–Crippen MR) is 93.7 cm³/mol. The van der Waals surface area contributed by atoms with Gasteiger partial charge in [-0.15, -0.1) is 0 Å². The summed E-state index contributed by atoms with van der Waals surface area (Å²) in [6.07, 6.45) is 9.13. The summed E-state index contributed by atoms with van der Waals surface area (Å²) in [4.78, 5) is 2.56.